The smallest absolute Gasteiger partial charge is 0.169 e. The molecule has 0 aliphatic carbocycles. The molecule has 0 aliphatic heterocycles. The molecule has 0 aliphatic rings. The first-order valence-electron chi connectivity index (χ1n) is 4.81. The number of pyridine rings is 1. The van der Waals surface area contributed by atoms with E-state index in [9.17, 15) is 0 Å². The third-order valence-electron chi connectivity index (χ3n) is 2.03. The fourth-order valence-electron chi connectivity index (χ4n) is 1.32. The van der Waals surface area contributed by atoms with Crippen molar-refractivity contribution in [3.63, 3.8) is 0 Å². The Bertz CT molecular complexity index is 486. The Kier molecular flexibility index (Phi) is 2.91. The highest BCUT2D eigenvalue weighted by Crippen LogP contribution is 2.30. The zero-order chi connectivity index (χ0) is 11.4. The maximum absolute atomic E-state index is 5.61. The van der Waals surface area contributed by atoms with Gasteiger partial charge >= 0.3 is 0 Å². The van der Waals surface area contributed by atoms with Crippen molar-refractivity contribution in [2.75, 3.05) is 12.8 Å². The summed E-state index contributed by atoms with van der Waals surface area (Å²) in [7, 11) is 1.60. The van der Waals surface area contributed by atoms with Gasteiger partial charge in [0.25, 0.3) is 0 Å². The van der Waals surface area contributed by atoms with Crippen LogP contribution in [0.1, 0.15) is 0 Å². The second-order valence-corrected chi connectivity index (χ2v) is 3.21. The van der Waals surface area contributed by atoms with Crippen LogP contribution in [-0.4, -0.2) is 12.1 Å². The van der Waals surface area contributed by atoms with Crippen molar-refractivity contribution < 1.29 is 9.47 Å². The maximum atomic E-state index is 5.61. The SMILES string of the molecule is COc1ccccc1Oc1cncc(N)c1. The quantitative estimate of drug-likeness (QED) is 0.856. The molecule has 2 N–H and O–H groups in total. The van der Waals surface area contributed by atoms with E-state index in [1.165, 1.54) is 0 Å². The monoisotopic (exact) mass is 216 g/mol. The molecule has 2 aromatic rings. The number of hydrogen-bond donors (Lipinski definition) is 1. The number of benzene rings is 1. The first-order valence-corrected chi connectivity index (χ1v) is 4.81. The van der Waals surface area contributed by atoms with Crippen LogP contribution in [0.15, 0.2) is 42.7 Å². The Morgan fingerprint density at radius 2 is 1.88 bits per heavy atom. The molecule has 1 aromatic heterocycles. The molecule has 1 aromatic carbocycles. The van der Waals surface area contributed by atoms with Crippen molar-refractivity contribution in [3.05, 3.63) is 42.7 Å². The van der Waals surface area contributed by atoms with Crippen molar-refractivity contribution in [1.29, 1.82) is 0 Å². The molecule has 4 heteroatoms. The first kappa shape index (κ1) is 10.3. The van der Waals surface area contributed by atoms with Crippen LogP contribution in [0.2, 0.25) is 0 Å². The van der Waals surface area contributed by atoms with Crippen molar-refractivity contribution in [1.82, 2.24) is 4.98 Å². The Balaban J connectivity index is 2.26. The summed E-state index contributed by atoms with van der Waals surface area (Å²) in [5.41, 5.74) is 6.17. The van der Waals surface area contributed by atoms with Crippen LogP contribution >= 0.6 is 0 Å². The molecule has 1 heterocycles. The first-order chi connectivity index (χ1) is 7.79. The normalized spacial score (nSPS) is 9.81. The molecule has 0 radical (unpaired) electrons. The molecule has 0 bridgehead atoms. The van der Waals surface area contributed by atoms with Gasteiger partial charge in [0.05, 0.1) is 25.2 Å². The summed E-state index contributed by atoms with van der Waals surface area (Å²) in [6.07, 6.45) is 3.16. The van der Waals surface area contributed by atoms with Crippen LogP contribution in [0.5, 0.6) is 17.2 Å². The van der Waals surface area contributed by atoms with Gasteiger partial charge in [-0.1, -0.05) is 12.1 Å². The summed E-state index contributed by atoms with van der Waals surface area (Å²) in [4.78, 5) is 3.95. The van der Waals surface area contributed by atoms with E-state index >= 15 is 0 Å². The van der Waals surface area contributed by atoms with Crippen molar-refractivity contribution in [3.8, 4) is 17.2 Å². The summed E-state index contributed by atoms with van der Waals surface area (Å²) >= 11 is 0. The van der Waals surface area contributed by atoms with Crippen LogP contribution in [0.4, 0.5) is 5.69 Å². The van der Waals surface area contributed by atoms with Gasteiger partial charge in [-0.3, -0.25) is 4.98 Å². The standard InChI is InChI=1S/C12H12N2O2/c1-15-11-4-2-3-5-12(11)16-10-6-9(13)7-14-8-10/h2-8H,13H2,1H3. The number of methoxy groups -OCH3 is 1. The molecule has 0 saturated heterocycles. The summed E-state index contributed by atoms with van der Waals surface area (Å²) in [5.74, 6) is 1.90. The number of ether oxygens (including phenoxy) is 2. The molecule has 0 atom stereocenters. The van der Waals surface area contributed by atoms with Gasteiger partial charge in [0.15, 0.2) is 11.5 Å². The summed E-state index contributed by atoms with van der Waals surface area (Å²) < 4.78 is 10.8. The lowest BCUT2D eigenvalue weighted by atomic mass is 10.3. The second-order valence-electron chi connectivity index (χ2n) is 3.21. The van der Waals surface area contributed by atoms with Gasteiger partial charge in [-0.2, -0.15) is 0 Å². The Morgan fingerprint density at radius 3 is 2.56 bits per heavy atom. The zero-order valence-electron chi connectivity index (χ0n) is 8.88. The minimum absolute atomic E-state index is 0.562. The lowest BCUT2D eigenvalue weighted by Gasteiger charge is -2.09. The summed E-state index contributed by atoms with van der Waals surface area (Å²) in [6, 6.07) is 9.11. The number of nitrogens with zero attached hydrogens (tertiary/aromatic N) is 1. The molecule has 0 amide bonds. The van der Waals surface area contributed by atoms with Crippen molar-refractivity contribution >= 4 is 5.69 Å². The van der Waals surface area contributed by atoms with Crippen molar-refractivity contribution in [2.45, 2.75) is 0 Å². The number of rotatable bonds is 3. The number of para-hydroxylation sites is 2. The lowest BCUT2D eigenvalue weighted by molar-refractivity contribution is 0.378. The Hall–Kier alpha value is -2.23. The van der Waals surface area contributed by atoms with E-state index in [-0.39, 0.29) is 0 Å². The molecule has 0 fully saturated rings. The number of anilines is 1. The van der Waals surface area contributed by atoms with Crippen LogP contribution in [0, 0.1) is 0 Å². The van der Waals surface area contributed by atoms with E-state index in [0.717, 1.165) is 0 Å². The molecule has 4 nitrogen and oxygen atoms in total. The van der Waals surface area contributed by atoms with Crippen LogP contribution in [0.3, 0.4) is 0 Å². The third kappa shape index (κ3) is 2.23. The molecule has 82 valence electrons. The van der Waals surface area contributed by atoms with Crippen molar-refractivity contribution in [2.24, 2.45) is 0 Å². The molecule has 16 heavy (non-hydrogen) atoms. The molecular formula is C12H12N2O2. The zero-order valence-corrected chi connectivity index (χ0v) is 8.88. The van der Waals surface area contributed by atoms with Gasteiger partial charge in [-0.25, -0.2) is 0 Å². The fraction of sp³-hybridized carbons (Fsp3) is 0.0833. The number of nitrogens with two attached hydrogens (primary N) is 1. The molecule has 0 spiro atoms. The number of nitrogen functional groups attached to an aromatic ring is 1. The maximum Gasteiger partial charge on any atom is 0.169 e. The number of hydrogen-bond acceptors (Lipinski definition) is 4. The largest absolute Gasteiger partial charge is 0.493 e. The van der Waals surface area contributed by atoms with E-state index in [0.29, 0.717) is 22.9 Å². The highest BCUT2D eigenvalue weighted by molar-refractivity contribution is 5.45. The Morgan fingerprint density at radius 1 is 1.12 bits per heavy atom. The predicted octanol–water partition coefficient (Wildman–Crippen LogP) is 2.46. The van der Waals surface area contributed by atoms with E-state index in [4.69, 9.17) is 15.2 Å². The molecule has 0 saturated carbocycles. The van der Waals surface area contributed by atoms with Crippen LogP contribution in [-0.2, 0) is 0 Å². The second kappa shape index (κ2) is 4.53. The van der Waals surface area contributed by atoms with Gasteiger partial charge in [0, 0.05) is 6.07 Å². The van der Waals surface area contributed by atoms with E-state index in [1.807, 2.05) is 24.3 Å². The lowest BCUT2D eigenvalue weighted by Crippen LogP contribution is -1.92. The topological polar surface area (TPSA) is 57.4 Å². The van der Waals surface area contributed by atoms with Gasteiger partial charge in [0.1, 0.15) is 5.75 Å². The van der Waals surface area contributed by atoms with E-state index in [1.54, 1.807) is 25.6 Å². The van der Waals surface area contributed by atoms with E-state index in [2.05, 4.69) is 4.98 Å². The average Bonchev–Trinajstić information content (AvgIpc) is 2.30. The van der Waals surface area contributed by atoms with Crippen LogP contribution in [0.25, 0.3) is 0 Å². The highest BCUT2D eigenvalue weighted by Gasteiger charge is 2.04. The van der Waals surface area contributed by atoms with Gasteiger partial charge in [-0.05, 0) is 12.1 Å². The summed E-state index contributed by atoms with van der Waals surface area (Å²) in [6.45, 7) is 0. The summed E-state index contributed by atoms with van der Waals surface area (Å²) in [5, 5.41) is 0. The van der Waals surface area contributed by atoms with E-state index < -0.39 is 0 Å². The predicted molar refractivity (Wildman–Crippen MR) is 61.7 cm³/mol. The highest BCUT2D eigenvalue weighted by atomic mass is 16.5. The van der Waals surface area contributed by atoms with Gasteiger partial charge in [0.2, 0.25) is 0 Å². The Labute approximate surface area is 93.6 Å². The minimum Gasteiger partial charge on any atom is -0.493 e. The molecule has 0 unspecified atom stereocenters. The molecular weight excluding hydrogens is 204 g/mol. The van der Waals surface area contributed by atoms with Gasteiger partial charge < -0.3 is 15.2 Å². The minimum atomic E-state index is 0.562. The fourth-order valence-corrected chi connectivity index (χ4v) is 1.32. The third-order valence-corrected chi connectivity index (χ3v) is 2.03. The average molecular weight is 216 g/mol. The van der Waals surface area contributed by atoms with Crippen LogP contribution < -0.4 is 15.2 Å². The molecule has 2 rings (SSSR count). The van der Waals surface area contributed by atoms with Gasteiger partial charge in [-0.15, -0.1) is 0 Å². The number of aromatic nitrogens is 1.